The molecule has 6 nitrogen and oxygen atoms in total. The molecule has 7 heteroatoms. The van der Waals surface area contributed by atoms with Crippen LogP contribution in [0.2, 0.25) is 0 Å². The molecule has 1 amide bonds. The predicted octanol–water partition coefficient (Wildman–Crippen LogP) is 2.01. The lowest BCUT2D eigenvalue weighted by atomic mass is 10.1. The second-order valence-electron chi connectivity index (χ2n) is 6.88. The maximum absolute atomic E-state index is 13.1. The molecule has 24 heavy (non-hydrogen) atoms. The van der Waals surface area contributed by atoms with Crippen LogP contribution in [0.25, 0.3) is 11.0 Å². The van der Waals surface area contributed by atoms with Crippen LogP contribution in [0.3, 0.4) is 0 Å². The van der Waals surface area contributed by atoms with Gasteiger partial charge in [0.2, 0.25) is 0 Å². The molecule has 0 spiro atoms. The van der Waals surface area contributed by atoms with Crippen LogP contribution in [-0.4, -0.2) is 51.2 Å². The summed E-state index contributed by atoms with van der Waals surface area (Å²) in [5, 5.41) is 8.78. The van der Waals surface area contributed by atoms with Gasteiger partial charge in [-0.2, -0.15) is 5.10 Å². The molecule has 1 N–H and O–H groups in total. The van der Waals surface area contributed by atoms with E-state index in [1.165, 1.54) is 12.8 Å². The summed E-state index contributed by atoms with van der Waals surface area (Å²) < 4.78 is 1.80. The van der Waals surface area contributed by atoms with Crippen LogP contribution < -0.4 is 5.32 Å². The van der Waals surface area contributed by atoms with E-state index < -0.39 is 0 Å². The van der Waals surface area contributed by atoms with Crippen LogP contribution >= 0.6 is 12.4 Å². The van der Waals surface area contributed by atoms with Gasteiger partial charge in [0.25, 0.3) is 5.91 Å². The van der Waals surface area contributed by atoms with Crippen LogP contribution in [0.15, 0.2) is 6.07 Å². The summed E-state index contributed by atoms with van der Waals surface area (Å²) in [6, 6.07) is 2.35. The number of hydrogen-bond acceptors (Lipinski definition) is 4. The summed E-state index contributed by atoms with van der Waals surface area (Å²) in [6.45, 7) is 6.43. The Morgan fingerprint density at radius 3 is 2.79 bits per heavy atom. The molecule has 1 saturated heterocycles. The number of nitrogens with one attached hydrogen (secondary N) is 1. The number of rotatable bonds is 2. The molecule has 3 heterocycles. The minimum atomic E-state index is 0. The van der Waals surface area contributed by atoms with E-state index in [1.54, 1.807) is 4.68 Å². The summed E-state index contributed by atoms with van der Waals surface area (Å²) in [4.78, 5) is 19.9. The molecule has 1 aliphatic heterocycles. The number of aryl methyl sites for hydroxylation is 2. The molecule has 0 bridgehead atoms. The van der Waals surface area contributed by atoms with Gasteiger partial charge in [0.1, 0.15) is 0 Å². The SMILES string of the molecule is Cc1nn(C)c2nc(C3CC3)cc(C(=O)N3CCN[C@H](C)C3)c12.Cl. The normalized spacial score (nSPS) is 21.0. The fourth-order valence-corrected chi connectivity index (χ4v) is 3.51. The summed E-state index contributed by atoms with van der Waals surface area (Å²) in [5.74, 6) is 0.631. The third-order valence-electron chi connectivity index (χ3n) is 4.87. The van der Waals surface area contributed by atoms with Crippen molar-refractivity contribution in [1.82, 2.24) is 25.0 Å². The number of aromatic nitrogens is 3. The summed E-state index contributed by atoms with van der Waals surface area (Å²) in [5.41, 5.74) is 3.53. The number of carbonyl (C=O) groups excluding carboxylic acids is 1. The lowest BCUT2D eigenvalue weighted by Crippen LogP contribution is -2.51. The van der Waals surface area contributed by atoms with E-state index in [9.17, 15) is 4.79 Å². The van der Waals surface area contributed by atoms with E-state index in [2.05, 4.69) is 17.3 Å². The molecule has 0 radical (unpaired) electrons. The molecule has 0 unspecified atom stereocenters. The van der Waals surface area contributed by atoms with E-state index in [4.69, 9.17) is 4.98 Å². The van der Waals surface area contributed by atoms with Crippen LogP contribution in [0.5, 0.6) is 0 Å². The number of piperazine rings is 1. The third-order valence-corrected chi connectivity index (χ3v) is 4.87. The number of amides is 1. The van der Waals surface area contributed by atoms with Gasteiger partial charge < -0.3 is 10.2 Å². The number of halogens is 1. The Morgan fingerprint density at radius 2 is 2.12 bits per heavy atom. The smallest absolute Gasteiger partial charge is 0.254 e. The lowest BCUT2D eigenvalue weighted by Gasteiger charge is -2.32. The molecule has 2 fully saturated rings. The monoisotopic (exact) mass is 349 g/mol. The Balaban J connectivity index is 0.00000169. The van der Waals surface area contributed by atoms with Crippen molar-refractivity contribution in [1.29, 1.82) is 0 Å². The first kappa shape index (κ1) is 17.2. The van der Waals surface area contributed by atoms with Gasteiger partial charge in [-0.25, -0.2) is 4.98 Å². The van der Waals surface area contributed by atoms with Crippen molar-refractivity contribution in [2.45, 2.75) is 38.6 Å². The first-order valence-corrected chi connectivity index (χ1v) is 8.41. The van der Waals surface area contributed by atoms with Crippen molar-refractivity contribution >= 4 is 29.3 Å². The van der Waals surface area contributed by atoms with E-state index in [0.29, 0.717) is 12.0 Å². The fourth-order valence-electron chi connectivity index (χ4n) is 3.51. The van der Waals surface area contributed by atoms with Crippen LogP contribution in [0.1, 0.15) is 47.4 Å². The van der Waals surface area contributed by atoms with Gasteiger partial charge >= 0.3 is 0 Å². The minimum absolute atomic E-state index is 0. The van der Waals surface area contributed by atoms with Gasteiger partial charge in [0, 0.05) is 44.3 Å². The Kier molecular flexibility index (Phi) is 4.53. The highest BCUT2D eigenvalue weighted by molar-refractivity contribution is 6.06. The van der Waals surface area contributed by atoms with Crippen molar-refractivity contribution in [2.75, 3.05) is 19.6 Å². The predicted molar refractivity (Wildman–Crippen MR) is 95.8 cm³/mol. The average molecular weight is 350 g/mol. The zero-order chi connectivity index (χ0) is 16.1. The van der Waals surface area contributed by atoms with Crippen LogP contribution in [-0.2, 0) is 7.05 Å². The first-order valence-electron chi connectivity index (χ1n) is 8.41. The summed E-state index contributed by atoms with van der Waals surface area (Å²) >= 11 is 0. The summed E-state index contributed by atoms with van der Waals surface area (Å²) in [7, 11) is 1.90. The maximum Gasteiger partial charge on any atom is 0.254 e. The quantitative estimate of drug-likeness (QED) is 0.900. The van der Waals surface area contributed by atoms with Gasteiger partial charge in [0.15, 0.2) is 5.65 Å². The van der Waals surface area contributed by atoms with Crippen molar-refractivity contribution in [2.24, 2.45) is 7.05 Å². The number of fused-ring (bicyclic) bond motifs is 1. The molecule has 1 aliphatic carbocycles. The maximum atomic E-state index is 13.1. The first-order chi connectivity index (χ1) is 11.0. The van der Waals surface area contributed by atoms with Gasteiger partial charge in [-0.15, -0.1) is 12.4 Å². The van der Waals surface area contributed by atoms with Crippen molar-refractivity contribution < 1.29 is 4.79 Å². The zero-order valence-electron chi connectivity index (χ0n) is 14.4. The molecule has 130 valence electrons. The number of nitrogens with zero attached hydrogens (tertiary/aromatic N) is 4. The number of carbonyl (C=O) groups is 1. The molecule has 1 saturated carbocycles. The molecule has 2 aromatic heterocycles. The molecule has 0 aromatic carbocycles. The Morgan fingerprint density at radius 1 is 1.38 bits per heavy atom. The van der Waals surface area contributed by atoms with E-state index in [-0.39, 0.29) is 18.3 Å². The van der Waals surface area contributed by atoms with E-state index in [0.717, 1.165) is 47.6 Å². The average Bonchev–Trinajstić information content (AvgIpc) is 3.33. The molecular weight excluding hydrogens is 326 g/mol. The van der Waals surface area contributed by atoms with E-state index in [1.807, 2.05) is 24.9 Å². The second kappa shape index (κ2) is 6.33. The van der Waals surface area contributed by atoms with Gasteiger partial charge in [-0.1, -0.05) is 0 Å². The number of pyridine rings is 1. The molecule has 2 aromatic rings. The standard InChI is InChI=1S/C17H23N5O.ClH/c1-10-9-22(7-6-18-10)17(23)13-8-14(12-4-5-12)19-16-15(13)11(2)20-21(16)3;/h8,10,12,18H,4-7,9H2,1-3H3;1H/t10-;/m1./s1. The van der Waals surface area contributed by atoms with Crippen molar-refractivity contribution in [3.8, 4) is 0 Å². The van der Waals surface area contributed by atoms with E-state index >= 15 is 0 Å². The summed E-state index contributed by atoms with van der Waals surface area (Å²) in [6.07, 6.45) is 2.35. The Labute approximate surface area is 148 Å². The molecule has 1 atom stereocenters. The third kappa shape index (κ3) is 2.89. The Bertz CT molecular complexity index is 783. The largest absolute Gasteiger partial charge is 0.336 e. The second-order valence-corrected chi connectivity index (χ2v) is 6.88. The van der Waals surface area contributed by atoms with Gasteiger partial charge in [-0.3, -0.25) is 9.48 Å². The Hall–Kier alpha value is -1.66. The molecular formula is C17H24ClN5O. The molecule has 4 rings (SSSR count). The fraction of sp³-hybridized carbons (Fsp3) is 0.588. The number of hydrogen-bond donors (Lipinski definition) is 1. The van der Waals surface area contributed by atoms with Gasteiger partial charge in [0.05, 0.1) is 16.6 Å². The highest BCUT2D eigenvalue weighted by Gasteiger charge is 2.30. The lowest BCUT2D eigenvalue weighted by molar-refractivity contribution is 0.0711. The molecule has 2 aliphatic rings. The van der Waals surface area contributed by atoms with Gasteiger partial charge in [-0.05, 0) is 32.8 Å². The topological polar surface area (TPSA) is 63.1 Å². The van der Waals surface area contributed by atoms with Crippen LogP contribution in [0, 0.1) is 6.92 Å². The zero-order valence-corrected chi connectivity index (χ0v) is 15.2. The van der Waals surface area contributed by atoms with Crippen molar-refractivity contribution in [3.63, 3.8) is 0 Å². The highest BCUT2D eigenvalue weighted by Crippen LogP contribution is 2.40. The van der Waals surface area contributed by atoms with Crippen LogP contribution in [0.4, 0.5) is 0 Å². The minimum Gasteiger partial charge on any atom is -0.336 e. The van der Waals surface area contributed by atoms with Crippen molar-refractivity contribution in [3.05, 3.63) is 23.0 Å². The highest BCUT2D eigenvalue weighted by atomic mass is 35.5.